The third kappa shape index (κ3) is 3.85. The lowest BCUT2D eigenvalue weighted by Gasteiger charge is -2.50. The summed E-state index contributed by atoms with van der Waals surface area (Å²) in [6, 6.07) is -0.963. The second-order valence-electron chi connectivity index (χ2n) is 11.6. The number of aliphatic hydroxyl groups is 3. The van der Waals surface area contributed by atoms with Gasteiger partial charge in [0.05, 0.1) is 17.2 Å². The van der Waals surface area contributed by atoms with Crippen LogP contribution in [0.15, 0.2) is 23.0 Å². The molecule has 1 aromatic carbocycles. The predicted octanol–water partition coefficient (Wildman–Crippen LogP) is 1.94. The van der Waals surface area contributed by atoms with Crippen molar-refractivity contribution in [2.75, 3.05) is 19.6 Å². The van der Waals surface area contributed by atoms with Crippen LogP contribution in [0.4, 0.5) is 13.2 Å². The average molecular weight is 578 g/mol. The molecule has 13 heteroatoms. The number of amides is 1. The number of phenols is 1. The Morgan fingerprint density at radius 2 is 1.80 bits per heavy atom. The van der Waals surface area contributed by atoms with E-state index in [0.717, 1.165) is 6.07 Å². The molecule has 1 aromatic rings. The summed E-state index contributed by atoms with van der Waals surface area (Å²) in [5.41, 5.74) is -0.949. The first-order chi connectivity index (χ1) is 19.3. The van der Waals surface area contributed by atoms with Gasteiger partial charge >= 0.3 is 6.18 Å². The number of fused-ring (bicyclic) bond motifs is 3. The fourth-order valence-electron chi connectivity index (χ4n) is 7.75. The maximum Gasteiger partial charge on any atom is 0.417 e. The highest BCUT2D eigenvalue weighted by molar-refractivity contribution is 6.24. The van der Waals surface area contributed by atoms with Crippen LogP contribution >= 0.6 is 0 Å². The number of phenolic OH excluding ortho intramolecular Hbond substituents is 1. The second-order valence-corrected chi connectivity index (χ2v) is 11.6. The minimum atomic E-state index is -4.86. The van der Waals surface area contributed by atoms with Crippen molar-refractivity contribution < 1.29 is 48.0 Å². The summed E-state index contributed by atoms with van der Waals surface area (Å²) in [6.07, 6.45) is -3.08. The number of nitrogens with two attached hydrogens (primary N) is 1. The van der Waals surface area contributed by atoms with Gasteiger partial charge < -0.3 is 31.5 Å². The van der Waals surface area contributed by atoms with E-state index in [0.29, 0.717) is 45.3 Å². The van der Waals surface area contributed by atoms with Crippen molar-refractivity contribution >= 4 is 23.2 Å². The van der Waals surface area contributed by atoms with Crippen LogP contribution in [0.2, 0.25) is 0 Å². The first-order valence-electron chi connectivity index (χ1n) is 13.7. The third-order valence-corrected chi connectivity index (χ3v) is 9.45. The van der Waals surface area contributed by atoms with E-state index in [4.69, 9.17) is 5.73 Å². The minimum Gasteiger partial charge on any atom is -0.508 e. The summed E-state index contributed by atoms with van der Waals surface area (Å²) < 4.78 is 43.9. The van der Waals surface area contributed by atoms with Crippen LogP contribution in [0, 0.1) is 11.8 Å². The first-order valence-corrected chi connectivity index (χ1v) is 13.7. The van der Waals surface area contributed by atoms with Gasteiger partial charge in [-0.25, -0.2) is 0 Å². The van der Waals surface area contributed by atoms with Crippen LogP contribution in [0.25, 0.3) is 5.76 Å². The number of carbonyl (C=O) groups excluding carboxylic acids is 3. The normalized spacial score (nSPS) is 32.3. The Morgan fingerprint density at radius 3 is 2.39 bits per heavy atom. The molecule has 0 aromatic heterocycles. The number of ketones is 2. The Morgan fingerprint density at radius 1 is 1.12 bits per heavy atom. The molecule has 2 heterocycles. The highest BCUT2D eigenvalue weighted by Crippen LogP contribution is 2.55. The van der Waals surface area contributed by atoms with E-state index in [-0.39, 0.29) is 17.5 Å². The standard InChI is InChI=1S/C28H30F3N3O7/c29-28(30,31)20-12(15-4-3-5-33-15)10-16(35)18-13(20)8-11-9-14-21(34-6-1-2-7-34)23(37)19(26(32)40)25(39)27(14,41)24(38)17(11)22(18)36/h10-11,14-15,21,33,35-36,39,41H,1-9H2,(H2,32,40)/t11-,14-,15?,21-,27-/m0/s1. The van der Waals surface area contributed by atoms with Crippen molar-refractivity contribution in [1.29, 1.82) is 0 Å². The van der Waals surface area contributed by atoms with Crippen molar-refractivity contribution in [3.63, 3.8) is 0 Å². The number of nitrogens with zero attached hydrogens (tertiary/aromatic N) is 1. The molecule has 0 radical (unpaired) electrons. The molecular formula is C28H30F3N3O7. The topological polar surface area (TPSA) is 173 Å². The highest BCUT2D eigenvalue weighted by atomic mass is 19.4. The minimum absolute atomic E-state index is 0.157. The predicted molar refractivity (Wildman–Crippen MR) is 136 cm³/mol. The average Bonchev–Trinajstić information content (AvgIpc) is 3.60. The summed E-state index contributed by atoms with van der Waals surface area (Å²) >= 11 is 0. The number of benzene rings is 1. The summed E-state index contributed by atoms with van der Waals surface area (Å²) in [5.74, 6) is -8.68. The molecule has 3 fully saturated rings. The molecule has 6 rings (SSSR count). The number of likely N-dealkylation sites (tertiary alicyclic amines) is 1. The van der Waals surface area contributed by atoms with Crippen molar-refractivity contribution in [2.24, 2.45) is 17.6 Å². The van der Waals surface area contributed by atoms with E-state index in [1.54, 1.807) is 4.90 Å². The number of carbonyl (C=O) groups is 3. The van der Waals surface area contributed by atoms with Gasteiger partial charge in [0.25, 0.3) is 5.91 Å². The number of halogens is 3. The van der Waals surface area contributed by atoms with Gasteiger partial charge in [0.2, 0.25) is 5.78 Å². The van der Waals surface area contributed by atoms with Gasteiger partial charge in [0.15, 0.2) is 11.4 Å². The zero-order valence-electron chi connectivity index (χ0n) is 21.9. The van der Waals surface area contributed by atoms with Crippen molar-refractivity contribution in [1.82, 2.24) is 10.2 Å². The Balaban J connectivity index is 1.56. The molecular weight excluding hydrogens is 547 g/mol. The molecule has 10 nitrogen and oxygen atoms in total. The molecule has 1 saturated carbocycles. The number of alkyl halides is 3. The summed E-state index contributed by atoms with van der Waals surface area (Å²) in [7, 11) is 0. The molecule has 41 heavy (non-hydrogen) atoms. The number of aliphatic hydroxyl groups excluding tert-OH is 2. The van der Waals surface area contributed by atoms with Crippen molar-refractivity contribution in [3.8, 4) is 5.75 Å². The third-order valence-electron chi connectivity index (χ3n) is 9.45. The lowest BCUT2D eigenvalue weighted by atomic mass is 9.57. The van der Waals surface area contributed by atoms with Crippen LogP contribution < -0.4 is 11.1 Å². The number of hydrogen-bond acceptors (Lipinski definition) is 9. The Kier molecular flexibility index (Phi) is 6.29. The second kappa shape index (κ2) is 9.30. The number of aromatic hydroxyl groups is 1. The SMILES string of the molecule is NC(=O)C1=C(O)[C@@]2(O)C(=O)C3=C(O)c4c(O)cc(C5CCCN5)c(C(F)(F)F)c4C[C@H]3C[C@H]2[C@H](N2CCCC2)C1=O. The summed E-state index contributed by atoms with van der Waals surface area (Å²) in [5, 5.41) is 48.0. The van der Waals surface area contributed by atoms with Gasteiger partial charge in [-0.2, -0.15) is 13.2 Å². The largest absolute Gasteiger partial charge is 0.508 e. The number of hydrogen-bond donors (Lipinski definition) is 6. The quantitative estimate of drug-likeness (QED) is 0.294. The molecule has 0 spiro atoms. The smallest absolute Gasteiger partial charge is 0.417 e. The zero-order chi connectivity index (χ0) is 29.6. The highest BCUT2D eigenvalue weighted by Gasteiger charge is 2.65. The van der Waals surface area contributed by atoms with Crippen LogP contribution in [-0.4, -0.2) is 74.1 Å². The molecule has 3 aliphatic carbocycles. The van der Waals surface area contributed by atoms with E-state index < -0.39 is 99.1 Å². The lowest BCUT2D eigenvalue weighted by Crippen LogP contribution is -2.66. The van der Waals surface area contributed by atoms with Gasteiger partial charge in [-0.05, 0) is 81.3 Å². The monoisotopic (exact) mass is 577 g/mol. The van der Waals surface area contributed by atoms with Crippen LogP contribution in [0.5, 0.6) is 5.75 Å². The van der Waals surface area contributed by atoms with E-state index in [1.165, 1.54) is 0 Å². The maximum absolute atomic E-state index is 14.6. The zero-order valence-corrected chi connectivity index (χ0v) is 21.9. The van der Waals surface area contributed by atoms with Gasteiger partial charge in [-0.1, -0.05) is 0 Å². The number of Topliss-reactive ketones (excluding diaryl/α,β-unsaturated/α-hetero) is 2. The summed E-state index contributed by atoms with van der Waals surface area (Å²) in [4.78, 5) is 41.4. The Hall–Kier alpha value is -3.42. The molecule has 0 bridgehead atoms. The van der Waals surface area contributed by atoms with Crippen LogP contribution in [0.3, 0.4) is 0 Å². The van der Waals surface area contributed by atoms with E-state index in [9.17, 15) is 48.0 Å². The number of primary amides is 1. The molecule has 2 aliphatic heterocycles. The van der Waals surface area contributed by atoms with Crippen LogP contribution in [0.1, 0.15) is 60.4 Å². The molecule has 5 aliphatic rings. The number of nitrogens with one attached hydrogen (secondary N) is 1. The van der Waals surface area contributed by atoms with Gasteiger partial charge in [-0.15, -0.1) is 0 Å². The molecule has 220 valence electrons. The lowest BCUT2D eigenvalue weighted by molar-refractivity contribution is -0.154. The summed E-state index contributed by atoms with van der Waals surface area (Å²) in [6.45, 7) is 1.30. The molecule has 1 amide bonds. The maximum atomic E-state index is 14.6. The fourth-order valence-corrected chi connectivity index (χ4v) is 7.75. The fraction of sp³-hybridized carbons (Fsp3) is 0.536. The van der Waals surface area contributed by atoms with E-state index >= 15 is 0 Å². The first kappa shape index (κ1) is 27.7. The van der Waals surface area contributed by atoms with Gasteiger partial charge in [0, 0.05) is 17.5 Å². The van der Waals surface area contributed by atoms with Crippen molar-refractivity contribution in [2.45, 2.75) is 62.4 Å². The van der Waals surface area contributed by atoms with Crippen LogP contribution in [-0.2, 0) is 27.0 Å². The molecule has 5 atom stereocenters. The number of rotatable bonds is 3. The van der Waals surface area contributed by atoms with E-state index in [1.807, 2.05) is 0 Å². The van der Waals surface area contributed by atoms with Crippen molar-refractivity contribution in [3.05, 3.63) is 45.2 Å². The Bertz CT molecular complexity index is 1440. The molecule has 7 N–H and O–H groups in total. The molecule has 2 saturated heterocycles. The van der Waals surface area contributed by atoms with Gasteiger partial charge in [-0.3, -0.25) is 19.3 Å². The van der Waals surface area contributed by atoms with Gasteiger partial charge in [0.1, 0.15) is 22.8 Å². The Labute approximate surface area is 232 Å². The molecule has 1 unspecified atom stereocenters. The van der Waals surface area contributed by atoms with E-state index in [2.05, 4.69) is 5.32 Å².